The third-order valence-electron chi connectivity index (χ3n) is 3.74. The minimum atomic E-state index is 0.227. The maximum atomic E-state index is 6.25. The summed E-state index contributed by atoms with van der Waals surface area (Å²) >= 11 is 0. The highest BCUT2D eigenvalue weighted by molar-refractivity contribution is 5.90. The van der Waals surface area contributed by atoms with Crippen LogP contribution in [-0.2, 0) is 0 Å². The summed E-state index contributed by atoms with van der Waals surface area (Å²) < 4.78 is 12.9. The predicted octanol–water partition coefficient (Wildman–Crippen LogP) is 2.99. The van der Waals surface area contributed by atoms with E-state index < -0.39 is 0 Å². The van der Waals surface area contributed by atoms with Gasteiger partial charge in [-0.05, 0) is 32.0 Å². The number of pyridine rings is 1. The number of anilines is 1. The highest BCUT2D eigenvalue weighted by Crippen LogP contribution is 2.41. The molecule has 22 heavy (non-hydrogen) atoms. The van der Waals surface area contributed by atoms with E-state index in [0.29, 0.717) is 11.4 Å². The van der Waals surface area contributed by atoms with Gasteiger partial charge in [-0.3, -0.25) is 4.68 Å². The first-order chi connectivity index (χ1) is 10.6. The molecule has 1 aliphatic rings. The fourth-order valence-corrected chi connectivity index (χ4v) is 2.75. The molecule has 2 N–H and O–H groups in total. The molecule has 0 fully saturated rings. The lowest BCUT2D eigenvalue weighted by atomic mass is 10.1. The Morgan fingerprint density at radius 1 is 1.27 bits per heavy atom. The number of benzene rings is 1. The second kappa shape index (κ2) is 4.62. The van der Waals surface area contributed by atoms with Crippen LogP contribution in [0.2, 0.25) is 0 Å². The Labute approximate surface area is 127 Å². The zero-order chi connectivity index (χ0) is 15.3. The van der Waals surface area contributed by atoms with Gasteiger partial charge in [0.05, 0.1) is 17.6 Å². The molecular weight excluding hydrogens is 280 g/mol. The van der Waals surface area contributed by atoms with Crippen molar-refractivity contribution in [1.82, 2.24) is 14.8 Å². The molecule has 6 nitrogen and oxygen atoms in total. The zero-order valence-electron chi connectivity index (χ0n) is 12.4. The number of fused-ring (bicyclic) bond motifs is 2. The van der Waals surface area contributed by atoms with Gasteiger partial charge in [0.2, 0.25) is 6.79 Å². The summed E-state index contributed by atoms with van der Waals surface area (Å²) in [5, 5.41) is 4.38. The number of ether oxygens (including phenoxy) is 2. The molecule has 4 rings (SSSR count). The SMILES string of the molecule is CC(C)n1ncc2nc(-c3cccc4c3OCO4)cc(N)c21. The van der Waals surface area contributed by atoms with Crippen molar-refractivity contribution >= 4 is 16.7 Å². The molecule has 0 amide bonds. The normalized spacial score (nSPS) is 13.2. The number of nitrogens with two attached hydrogens (primary N) is 1. The quantitative estimate of drug-likeness (QED) is 0.786. The van der Waals surface area contributed by atoms with Crippen LogP contribution in [0.4, 0.5) is 5.69 Å². The van der Waals surface area contributed by atoms with Crippen LogP contribution in [0.5, 0.6) is 11.5 Å². The summed E-state index contributed by atoms with van der Waals surface area (Å²) in [5.41, 5.74) is 10.2. The minimum absolute atomic E-state index is 0.227. The number of para-hydroxylation sites is 1. The summed E-state index contributed by atoms with van der Waals surface area (Å²) in [6, 6.07) is 7.84. The molecule has 6 heteroatoms. The molecule has 1 aromatic carbocycles. The molecule has 0 saturated heterocycles. The summed E-state index contributed by atoms with van der Waals surface area (Å²) in [7, 11) is 0. The smallest absolute Gasteiger partial charge is 0.231 e. The molecule has 0 radical (unpaired) electrons. The number of aromatic nitrogens is 3. The molecule has 0 atom stereocenters. The van der Waals surface area contributed by atoms with Crippen molar-refractivity contribution in [3.05, 3.63) is 30.5 Å². The second-order valence-corrected chi connectivity index (χ2v) is 5.55. The maximum absolute atomic E-state index is 6.25. The largest absolute Gasteiger partial charge is 0.454 e. The second-order valence-electron chi connectivity index (χ2n) is 5.55. The Kier molecular flexibility index (Phi) is 2.72. The molecule has 0 bridgehead atoms. The van der Waals surface area contributed by atoms with Crippen LogP contribution >= 0.6 is 0 Å². The Hall–Kier alpha value is -2.76. The van der Waals surface area contributed by atoms with E-state index in [4.69, 9.17) is 15.2 Å². The van der Waals surface area contributed by atoms with Gasteiger partial charge in [-0.15, -0.1) is 0 Å². The Bertz CT molecular complexity index is 870. The van der Waals surface area contributed by atoms with Crippen molar-refractivity contribution < 1.29 is 9.47 Å². The monoisotopic (exact) mass is 296 g/mol. The molecule has 0 unspecified atom stereocenters. The molecular formula is C16H16N4O2. The zero-order valence-corrected chi connectivity index (χ0v) is 12.4. The molecule has 3 aromatic rings. The maximum Gasteiger partial charge on any atom is 0.231 e. The standard InChI is InChI=1S/C16H16N4O2/c1-9(2)20-15-11(17)6-12(19-13(15)7-18-20)10-4-3-5-14-16(10)22-8-21-14/h3-7,9H,8H2,1-2H3,(H2,17,19). The van der Waals surface area contributed by atoms with E-state index in [0.717, 1.165) is 28.0 Å². The minimum Gasteiger partial charge on any atom is -0.454 e. The van der Waals surface area contributed by atoms with Crippen LogP contribution in [0.15, 0.2) is 30.5 Å². The van der Waals surface area contributed by atoms with Gasteiger partial charge in [0.25, 0.3) is 0 Å². The van der Waals surface area contributed by atoms with Gasteiger partial charge in [-0.2, -0.15) is 5.10 Å². The third-order valence-corrected chi connectivity index (χ3v) is 3.74. The van der Waals surface area contributed by atoms with Crippen LogP contribution in [0.3, 0.4) is 0 Å². The number of hydrogen-bond donors (Lipinski definition) is 1. The van der Waals surface area contributed by atoms with Crippen molar-refractivity contribution in [2.24, 2.45) is 0 Å². The van der Waals surface area contributed by atoms with Crippen LogP contribution in [0.1, 0.15) is 19.9 Å². The molecule has 0 saturated carbocycles. The van der Waals surface area contributed by atoms with Crippen molar-refractivity contribution in [3.8, 4) is 22.8 Å². The van der Waals surface area contributed by atoms with Gasteiger partial charge in [-0.25, -0.2) is 4.98 Å². The first-order valence-electron chi connectivity index (χ1n) is 7.18. The Morgan fingerprint density at radius 3 is 2.95 bits per heavy atom. The predicted molar refractivity (Wildman–Crippen MR) is 83.9 cm³/mol. The molecule has 2 aromatic heterocycles. The van der Waals surface area contributed by atoms with Crippen molar-refractivity contribution in [2.45, 2.75) is 19.9 Å². The van der Waals surface area contributed by atoms with Gasteiger partial charge in [0.1, 0.15) is 11.0 Å². The lowest BCUT2D eigenvalue weighted by Gasteiger charge is -2.10. The van der Waals surface area contributed by atoms with Gasteiger partial charge in [0, 0.05) is 11.6 Å². The Morgan fingerprint density at radius 2 is 2.14 bits per heavy atom. The number of nitrogen functional groups attached to an aromatic ring is 1. The van der Waals surface area contributed by atoms with E-state index >= 15 is 0 Å². The van der Waals surface area contributed by atoms with Crippen LogP contribution < -0.4 is 15.2 Å². The van der Waals surface area contributed by atoms with Gasteiger partial charge >= 0.3 is 0 Å². The third kappa shape index (κ3) is 1.80. The van der Waals surface area contributed by atoms with E-state index in [9.17, 15) is 0 Å². The van der Waals surface area contributed by atoms with Crippen molar-refractivity contribution in [1.29, 1.82) is 0 Å². The fourth-order valence-electron chi connectivity index (χ4n) is 2.75. The average molecular weight is 296 g/mol. The van der Waals surface area contributed by atoms with Gasteiger partial charge < -0.3 is 15.2 Å². The van der Waals surface area contributed by atoms with E-state index in [2.05, 4.69) is 23.9 Å². The van der Waals surface area contributed by atoms with E-state index in [1.54, 1.807) is 6.20 Å². The highest BCUT2D eigenvalue weighted by Gasteiger charge is 2.20. The summed E-state index contributed by atoms with van der Waals surface area (Å²) in [5.74, 6) is 1.45. The Balaban J connectivity index is 1.93. The average Bonchev–Trinajstić information content (AvgIpc) is 3.13. The lowest BCUT2D eigenvalue weighted by molar-refractivity contribution is 0.174. The summed E-state index contributed by atoms with van der Waals surface area (Å²) in [6.45, 7) is 4.36. The topological polar surface area (TPSA) is 75.2 Å². The van der Waals surface area contributed by atoms with Gasteiger partial charge in [0.15, 0.2) is 11.5 Å². The number of rotatable bonds is 2. The summed E-state index contributed by atoms with van der Waals surface area (Å²) in [4.78, 5) is 4.69. The van der Waals surface area contributed by atoms with Crippen molar-refractivity contribution in [3.63, 3.8) is 0 Å². The van der Waals surface area contributed by atoms with E-state index in [-0.39, 0.29) is 12.8 Å². The first kappa shape index (κ1) is 12.9. The molecule has 0 spiro atoms. The van der Waals surface area contributed by atoms with Crippen LogP contribution in [-0.4, -0.2) is 21.6 Å². The summed E-state index contributed by atoms with van der Waals surface area (Å²) in [6.07, 6.45) is 1.75. The molecule has 112 valence electrons. The van der Waals surface area contributed by atoms with Crippen LogP contribution in [0, 0.1) is 0 Å². The van der Waals surface area contributed by atoms with E-state index in [1.165, 1.54) is 0 Å². The fraction of sp³-hybridized carbons (Fsp3) is 0.250. The molecule has 1 aliphatic heterocycles. The molecule has 3 heterocycles. The lowest BCUT2D eigenvalue weighted by Crippen LogP contribution is -2.04. The number of hydrogen-bond acceptors (Lipinski definition) is 5. The first-order valence-corrected chi connectivity index (χ1v) is 7.18. The van der Waals surface area contributed by atoms with Crippen molar-refractivity contribution in [2.75, 3.05) is 12.5 Å². The molecule has 0 aliphatic carbocycles. The number of nitrogens with zero attached hydrogens (tertiary/aromatic N) is 3. The highest BCUT2D eigenvalue weighted by atomic mass is 16.7. The van der Waals surface area contributed by atoms with Crippen LogP contribution in [0.25, 0.3) is 22.3 Å². The van der Waals surface area contributed by atoms with E-state index in [1.807, 2.05) is 28.9 Å². The van der Waals surface area contributed by atoms with Gasteiger partial charge in [-0.1, -0.05) is 6.07 Å².